The van der Waals surface area contributed by atoms with E-state index >= 15 is 0 Å². The van der Waals surface area contributed by atoms with E-state index in [9.17, 15) is 0 Å². The van der Waals surface area contributed by atoms with Gasteiger partial charge in [0.2, 0.25) is 0 Å². The van der Waals surface area contributed by atoms with E-state index < -0.39 is 0 Å². The van der Waals surface area contributed by atoms with Gasteiger partial charge in [0, 0.05) is 24.0 Å². The van der Waals surface area contributed by atoms with E-state index in [4.69, 9.17) is 4.99 Å². The Labute approximate surface area is 132 Å². The maximum absolute atomic E-state index is 4.71. The lowest BCUT2D eigenvalue weighted by Crippen LogP contribution is -2.46. The lowest BCUT2D eigenvalue weighted by Gasteiger charge is -2.25. The van der Waals surface area contributed by atoms with E-state index in [0.717, 1.165) is 31.5 Å². The van der Waals surface area contributed by atoms with Crippen LogP contribution in [-0.2, 0) is 6.54 Å². The summed E-state index contributed by atoms with van der Waals surface area (Å²) in [6.45, 7) is 6.88. The lowest BCUT2D eigenvalue weighted by molar-refractivity contribution is 0.264. The van der Waals surface area contributed by atoms with Crippen molar-refractivity contribution in [3.05, 3.63) is 21.9 Å². The summed E-state index contributed by atoms with van der Waals surface area (Å²) in [6.07, 6.45) is 2.74. The average Bonchev–Trinajstić information content (AvgIpc) is 3.19. The highest BCUT2D eigenvalue weighted by Gasteiger charge is 2.32. The Morgan fingerprint density at radius 2 is 2.19 bits per heavy atom. The third-order valence-corrected chi connectivity index (χ3v) is 5.01. The molecule has 0 saturated heterocycles. The van der Waals surface area contributed by atoms with Crippen molar-refractivity contribution < 1.29 is 0 Å². The van der Waals surface area contributed by atoms with Crippen molar-refractivity contribution in [3.8, 4) is 0 Å². The number of hydrogen-bond acceptors (Lipinski definition) is 3. The van der Waals surface area contributed by atoms with Crippen molar-refractivity contribution in [1.29, 1.82) is 0 Å². The molecular weight excluding hydrogens is 280 g/mol. The van der Waals surface area contributed by atoms with Crippen LogP contribution in [0.25, 0.3) is 0 Å². The first-order valence-corrected chi connectivity index (χ1v) is 8.71. The first kappa shape index (κ1) is 16.3. The molecule has 1 heterocycles. The number of nitrogens with zero attached hydrogens (tertiary/aromatic N) is 2. The molecule has 1 atom stereocenters. The van der Waals surface area contributed by atoms with Gasteiger partial charge >= 0.3 is 0 Å². The van der Waals surface area contributed by atoms with E-state index in [2.05, 4.69) is 54.9 Å². The molecule has 2 rings (SSSR count). The van der Waals surface area contributed by atoms with E-state index in [1.54, 1.807) is 11.3 Å². The first-order chi connectivity index (χ1) is 10.1. The zero-order valence-electron chi connectivity index (χ0n) is 13.6. The van der Waals surface area contributed by atoms with Crippen molar-refractivity contribution in [2.75, 3.05) is 27.2 Å². The third kappa shape index (κ3) is 5.00. The van der Waals surface area contributed by atoms with Gasteiger partial charge in [0.25, 0.3) is 0 Å². The molecule has 0 aromatic carbocycles. The quantitative estimate of drug-likeness (QED) is 0.600. The van der Waals surface area contributed by atoms with Gasteiger partial charge in [-0.25, -0.2) is 4.99 Å². The van der Waals surface area contributed by atoms with Gasteiger partial charge in [-0.15, -0.1) is 11.3 Å². The molecule has 21 heavy (non-hydrogen) atoms. The highest BCUT2D eigenvalue weighted by Crippen LogP contribution is 2.34. The second-order valence-corrected chi connectivity index (χ2v) is 6.97. The van der Waals surface area contributed by atoms with Gasteiger partial charge < -0.3 is 15.5 Å². The standard InChI is InChI=1S/C16H28N4S/c1-5-17-16(19-11-15-12(2)8-9-21-15)18-10-14(20(3)4)13-6-7-13/h8-9,13-14H,5-7,10-11H2,1-4H3,(H2,17,18,19). The molecule has 4 nitrogen and oxygen atoms in total. The van der Waals surface area contributed by atoms with Crippen molar-refractivity contribution in [2.45, 2.75) is 39.3 Å². The Morgan fingerprint density at radius 1 is 1.43 bits per heavy atom. The molecule has 1 aromatic rings. The molecule has 0 bridgehead atoms. The summed E-state index contributed by atoms with van der Waals surface area (Å²) in [4.78, 5) is 8.39. The first-order valence-electron chi connectivity index (χ1n) is 7.83. The maximum atomic E-state index is 4.71. The van der Waals surface area contributed by atoms with E-state index in [0.29, 0.717) is 6.04 Å². The van der Waals surface area contributed by atoms with Gasteiger partial charge in [0.1, 0.15) is 0 Å². The molecule has 0 spiro atoms. The van der Waals surface area contributed by atoms with Crippen LogP contribution in [0.4, 0.5) is 0 Å². The van der Waals surface area contributed by atoms with Crippen molar-refractivity contribution in [1.82, 2.24) is 15.5 Å². The molecule has 1 unspecified atom stereocenters. The van der Waals surface area contributed by atoms with Gasteiger partial charge in [-0.2, -0.15) is 0 Å². The van der Waals surface area contributed by atoms with Crippen molar-refractivity contribution in [3.63, 3.8) is 0 Å². The minimum Gasteiger partial charge on any atom is -0.357 e. The largest absolute Gasteiger partial charge is 0.357 e. The molecule has 0 radical (unpaired) electrons. The monoisotopic (exact) mass is 308 g/mol. The Balaban J connectivity index is 1.90. The molecule has 118 valence electrons. The molecule has 0 aliphatic heterocycles. The fourth-order valence-corrected chi connectivity index (χ4v) is 3.34. The second-order valence-electron chi connectivity index (χ2n) is 5.97. The zero-order valence-corrected chi connectivity index (χ0v) is 14.5. The summed E-state index contributed by atoms with van der Waals surface area (Å²) in [5.74, 6) is 1.78. The van der Waals surface area contributed by atoms with Gasteiger partial charge in [-0.1, -0.05) is 0 Å². The maximum Gasteiger partial charge on any atom is 0.191 e. The topological polar surface area (TPSA) is 39.7 Å². The van der Waals surface area contributed by atoms with E-state index in [-0.39, 0.29) is 0 Å². The molecule has 1 aliphatic carbocycles. The number of aliphatic imine (C=N–C) groups is 1. The van der Waals surface area contributed by atoms with E-state index in [1.165, 1.54) is 23.3 Å². The number of rotatable bonds is 7. The second kappa shape index (κ2) is 7.80. The predicted octanol–water partition coefficient (Wildman–Crippen LogP) is 2.45. The Kier molecular flexibility index (Phi) is 6.06. The minimum atomic E-state index is 0.609. The smallest absolute Gasteiger partial charge is 0.191 e. The SMILES string of the molecule is CCNC(=NCc1sccc1C)NCC(C1CC1)N(C)C. The number of hydrogen-bond donors (Lipinski definition) is 2. The van der Waals surface area contributed by atoms with E-state index in [1.807, 2.05) is 0 Å². The summed E-state index contributed by atoms with van der Waals surface area (Å²) < 4.78 is 0. The van der Waals surface area contributed by atoms with Gasteiger partial charge in [-0.05, 0) is 63.7 Å². The third-order valence-electron chi connectivity index (χ3n) is 4.00. The van der Waals surface area contributed by atoms with Crippen LogP contribution in [0.3, 0.4) is 0 Å². The summed E-state index contributed by atoms with van der Waals surface area (Å²) >= 11 is 1.78. The lowest BCUT2D eigenvalue weighted by atomic mass is 10.1. The van der Waals surface area contributed by atoms with Crippen LogP contribution >= 0.6 is 11.3 Å². The van der Waals surface area contributed by atoms with Crippen LogP contribution in [0.15, 0.2) is 16.4 Å². The summed E-state index contributed by atoms with van der Waals surface area (Å²) in [5.41, 5.74) is 1.34. The van der Waals surface area contributed by atoms with Crippen LogP contribution in [0.1, 0.15) is 30.2 Å². The molecule has 1 aliphatic rings. The van der Waals surface area contributed by atoms with Gasteiger partial charge in [0.05, 0.1) is 6.54 Å². The van der Waals surface area contributed by atoms with Crippen molar-refractivity contribution in [2.24, 2.45) is 10.9 Å². The molecular formula is C16H28N4S. The number of likely N-dealkylation sites (N-methyl/N-ethyl adjacent to an activating group) is 1. The van der Waals surface area contributed by atoms with Crippen LogP contribution in [-0.4, -0.2) is 44.1 Å². The minimum absolute atomic E-state index is 0.609. The van der Waals surface area contributed by atoms with Crippen LogP contribution in [0, 0.1) is 12.8 Å². The van der Waals surface area contributed by atoms with Crippen LogP contribution in [0.2, 0.25) is 0 Å². The zero-order chi connectivity index (χ0) is 15.2. The Hall–Kier alpha value is -1.07. The molecule has 1 fully saturated rings. The number of nitrogens with one attached hydrogen (secondary N) is 2. The summed E-state index contributed by atoms with van der Waals surface area (Å²) in [5, 5.41) is 8.98. The fourth-order valence-electron chi connectivity index (χ4n) is 2.51. The summed E-state index contributed by atoms with van der Waals surface area (Å²) in [6, 6.07) is 2.77. The number of aryl methyl sites for hydroxylation is 1. The number of thiophene rings is 1. The molecule has 2 N–H and O–H groups in total. The Morgan fingerprint density at radius 3 is 2.71 bits per heavy atom. The Bertz CT molecular complexity index is 461. The summed E-state index contributed by atoms with van der Waals surface area (Å²) in [7, 11) is 4.34. The molecule has 1 saturated carbocycles. The van der Waals surface area contributed by atoms with Crippen molar-refractivity contribution >= 4 is 17.3 Å². The fraction of sp³-hybridized carbons (Fsp3) is 0.688. The average molecular weight is 308 g/mol. The normalized spacial score (nSPS) is 17.1. The van der Waals surface area contributed by atoms with Crippen LogP contribution in [0.5, 0.6) is 0 Å². The highest BCUT2D eigenvalue weighted by molar-refractivity contribution is 7.10. The highest BCUT2D eigenvalue weighted by atomic mass is 32.1. The predicted molar refractivity (Wildman–Crippen MR) is 92.1 cm³/mol. The van der Waals surface area contributed by atoms with Gasteiger partial charge in [-0.3, -0.25) is 0 Å². The number of guanidine groups is 1. The molecule has 1 aromatic heterocycles. The van der Waals surface area contributed by atoms with Gasteiger partial charge in [0.15, 0.2) is 5.96 Å². The molecule has 0 amide bonds. The molecule has 5 heteroatoms. The van der Waals surface area contributed by atoms with Crippen LogP contribution < -0.4 is 10.6 Å².